The van der Waals surface area contributed by atoms with Gasteiger partial charge in [0.25, 0.3) is 0 Å². The molecule has 0 aliphatic heterocycles. The summed E-state index contributed by atoms with van der Waals surface area (Å²) in [7, 11) is 8.22. The second kappa shape index (κ2) is 6.65. The summed E-state index contributed by atoms with van der Waals surface area (Å²) >= 11 is 2.28. The number of halogens is 3. The molecule has 0 fully saturated rings. The Morgan fingerprint density at radius 2 is 1.44 bits per heavy atom. The van der Waals surface area contributed by atoms with Gasteiger partial charge in [-0.3, -0.25) is 0 Å². The molecular weight excluding hydrogens is 270 g/mol. The van der Waals surface area contributed by atoms with E-state index >= 15 is 0 Å². The average Bonchev–Trinajstić information content (AvgIpc) is 1.94. The molecule has 0 amide bonds. The van der Waals surface area contributed by atoms with Crippen LogP contribution in [0.2, 0.25) is 0 Å². The first-order valence-electron chi connectivity index (χ1n) is 2.24. The third kappa shape index (κ3) is 5.00. The van der Waals surface area contributed by atoms with Gasteiger partial charge < -0.3 is 0 Å². The minimum Gasteiger partial charge on any atom is -0.0622 e. The van der Waals surface area contributed by atoms with Crippen LogP contribution < -0.4 is 0 Å². The van der Waals surface area contributed by atoms with Gasteiger partial charge in [-0.15, -0.1) is 0 Å². The molecule has 1 aromatic rings. The zero-order valence-electron chi connectivity index (χ0n) is 4.52. The van der Waals surface area contributed by atoms with E-state index in [2.05, 4.69) is 56.4 Å². The van der Waals surface area contributed by atoms with E-state index in [0.717, 1.165) is 0 Å². The van der Waals surface area contributed by atoms with Crippen LogP contribution in [-0.4, -0.2) is 0 Å². The fourth-order valence-corrected chi connectivity index (χ4v) is 0.830. The summed E-state index contributed by atoms with van der Waals surface area (Å²) in [6.07, 6.45) is 0. The van der Waals surface area contributed by atoms with Crippen LogP contribution in [0.3, 0.4) is 0 Å². The SMILES string of the molecule is ClCl.Ic1ccccc1. The summed E-state index contributed by atoms with van der Waals surface area (Å²) in [5.74, 6) is 0. The fourth-order valence-electron chi connectivity index (χ4n) is 0.415. The number of hydrogen-bond acceptors (Lipinski definition) is 0. The van der Waals surface area contributed by atoms with Crippen LogP contribution in [0, 0.1) is 3.57 Å². The van der Waals surface area contributed by atoms with Gasteiger partial charge in [-0.1, -0.05) is 18.2 Å². The van der Waals surface area contributed by atoms with E-state index in [1.54, 1.807) is 0 Å². The molecule has 0 bridgehead atoms. The van der Waals surface area contributed by atoms with Crippen LogP contribution in [0.4, 0.5) is 0 Å². The van der Waals surface area contributed by atoms with Crippen molar-refractivity contribution >= 4 is 44.3 Å². The monoisotopic (exact) mass is 274 g/mol. The Balaban J connectivity index is 0.000000291. The van der Waals surface area contributed by atoms with E-state index in [1.165, 1.54) is 3.57 Å². The summed E-state index contributed by atoms with van der Waals surface area (Å²) in [6, 6.07) is 10.2. The molecule has 1 rings (SSSR count). The fraction of sp³-hybridized carbons (Fsp3) is 0. The van der Waals surface area contributed by atoms with Gasteiger partial charge in [0, 0.05) is 25.3 Å². The molecule has 0 aliphatic carbocycles. The molecule has 3 heteroatoms. The standard InChI is InChI=1S/C6H5I.Cl2/c7-6-4-2-1-3-5-6;1-2/h1-5H;. The van der Waals surface area contributed by atoms with Crippen molar-refractivity contribution in [1.29, 1.82) is 0 Å². The first-order chi connectivity index (χ1) is 4.39. The van der Waals surface area contributed by atoms with Crippen LogP contribution in [0.25, 0.3) is 0 Å². The normalized spacial score (nSPS) is 7.44. The van der Waals surface area contributed by atoms with Crippen LogP contribution >= 0.6 is 44.3 Å². The van der Waals surface area contributed by atoms with Gasteiger partial charge >= 0.3 is 0 Å². The lowest BCUT2D eigenvalue weighted by Crippen LogP contribution is -1.61. The number of hydrogen-bond donors (Lipinski definition) is 0. The quantitative estimate of drug-likeness (QED) is 0.634. The first kappa shape index (κ1) is 9.53. The predicted octanol–water partition coefficient (Wildman–Crippen LogP) is 3.67. The third-order valence-corrected chi connectivity index (χ3v) is 1.45. The third-order valence-electron chi connectivity index (χ3n) is 0.733. The van der Waals surface area contributed by atoms with Gasteiger partial charge in [-0.25, -0.2) is 0 Å². The Kier molecular flexibility index (Phi) is 7.04. The highest BCUT2D eigenvalue weighted by molar-refractivity contribution is 14.1. The first-order valence-corrected chi connectivity index (χ1v) is 4.46. The van der Waals surface area contributed by atoms with E-state index < -0.39 is 0 Å². The van der Waals surface area contributed by atoms with Gasteiger partial charge in [0.15, 0.2) is 0 Å². The number of rotatable bonds is 0. The molecule has 0 nitrogen and oxygen atoms in total. The second-order valence-electron chi connectivity index (χ2n) is 1.30. The Hall–Kier alpha value is 0.530. The Labute approximate surface area is 77.9 Å². The minimum atomic E-state index is 1.29. The van der Waals surface area contributed by atoms with E-state index in [0.29, 0.717) is 0 Å². The van der Waals surface area contributed by atoms with Crippen LogP contribution in [0.5, 0.6) is 0 Å². The van der Waals surface area contributed by atoms with Crippen molar-refractivity contribution in [3.05, 3.63) is 33.9 Å². The zero-order chi connectivity index (χ0) is 7.11. The zero-order valence-corrected chi connectivity index (χ0v) is 8.19. The van der Waals surface area contributed by atoms with Crippen molar-refractivity contribution in [1.82, 2.24) is 0 Å². The van der Waals surface area contributed by atoms with E-state index in [4.69, 9.17) is 0 Å². The lowest BCUT2D eigenvalue weighted by atomic mass is 10.4. The lowest BCUT2D eigenvalue weighted by Gasteiger charge is -1.80. The van der Waals surface area contributed by atoms with Crippen molar-refractivity contribution in [2.24, 2.45) is 0 Å². The summed E-state index contributed by atoms with van der Waals surface area (Å²) in [6.45, 7) is 0. The number of benzene rings is 1. The predicted molar refractivity (Wildman–Crippen MR) is 50.9 cm³/mol. The molecule has 0 saturated carbocycles. The molecule has 50 valence electrons. The highest BCUT2D eigenvalue weighted by atomic mass is 127. The lowest BCUT2D eigenvalue weighted by molar-refractivity contribution is 1.65. The topological polar surface area (TPSA) is 0 Å². The molecule has 0 unspecified atom stereocenters. The van der Waals surface area contributed by atoms with Crippen molar-refractivity contribution in [3.63, 3.8) is 0 Å². The van der Waals surface area contributed by atoms with Gasteiger partial charge in [0.2, 0.25) is 0 Å². The van der Waals surface area contributed by atoms with E-state index in [-0.39, 0.29) is 0 Å². The van der Waals surface area contributed by atoms with E-state index in [1.807, 2.05) is 18.2 Å². The highest BCUT2D eigenvalue weighted by Crippen LogP contribution is 1.99. The smallest absolute Gasteiger partial charge is 0.0130 e. The summed E-state index contributed by atoms with van der Waals surface area (Å²) in [5.41, 5.74) is 0. The maximum atomic E-state index is 4.11. The molecule has 0 saturated heterocycles. The van der Waals surface area contributed by atoms with Gasteiger partial charge in [-0.05, 0) is 34.7 Å². The van der Waals surface area contributed by atoms with Gasteiger partial charge in [0.1, 0.15) is 0 Å². The second-order valence-corrected chi connectivity index (χ2v) is 2.54. The average molecular weight is 275 g/mol. The minimum absolute atomic E-state index is 1.29. The molecule has 0 atom stereocenters. The van der Waals surface area contributed by atoms with Crippen molar-refractivity contribution < 1.29 is 0 Å². The van der Waals surface area contributed by atoms with E-state index in [9.17, 15) is 0 Å². The molecule has 0 spiro atoms. The molecule has 0 aromatic heterocycles. The van der Waals surface area contributed by atoms with Crippen LogP contribution in [0.1, 0.15) is 0 Å². The highest BCUT2D eigenvalue weighted by Gasteiger charge is 1.74. The van der Waals surface area contributed by atoms with Crippen molar-refractivity contribution in [2.75, 3.05) is 0 Å². The molecule has 0 radical (unpaired) electrons. The van der Waals surface area contributed by atoms with Crippen LogP contribution in [-0.2, 0) is 0 Å². The molecule has 0 heterocycles. The maximum Gasteiger partial charge on any atom is 0.0130 e. The summed E-state index contributed by atoms with van der Waals surface area (Å²) in [4.78, 5) is 0. The Morgan fingerprint density at radius 3 is 1.67 bits per heavy atom. The molecule has 0 N–H and O–H groups in total. The van der Waals surface area contributed by atoms with Gasteiger partial charge in [-0.2, -0.15) is 0 Å². The van der Waals surface area contributed by atoms with Crippen molar-refractivity contribution in [2.45, 2.75) is 0 Å². The molecular formula is C6H5Cl2I. The maximum absolute atomic E-state index is 4.11. The van der Waals surface area contributed by atoms with Gasteiger partial charge in [0.05, 0.1) is 0 Å². The summed E-state index contributed by atoms with van der Waals surface area (Å²) < 4.78 is 1.29. The Morgan fingerprint density at radius 1 is 1.00 bits per heavy atom. The molecule has 9 heavy (non-hydrogen) atoms. The molecule has 1 aromatic carbocycles. The molecule has 0 aliphatic rings. The van der Waals surface area contributed by atoms with Crippen molar-refractivity contribution in [3.8, 4) is 0 Å². The van der Waals surface area contributed by atoms with Crippen LogP contribution in [0.15, 0.2) is 30.3 Å². The Bertz CT molecular complexity index is 141. The summed E-state index contributed by atoms with van der Waals surface area (Å²) in [5, 5.41) is 0. The largest absolute Gasteiger partial charge is 0.0622 e.